The van der Waals surface area contributed by atoms with Crippen LogP contribution in [-0.4, -0.2) is 33.8 Å². The van der Waals surface area contributed by atoms with Crippen LogP contribution in [0.3, 0.4) is 0 Å². The Morgan fingerprint density at radius 3 is 2.41 bits per heavy atom. The van der Waals surface area contributed by atoms with Crippen LogP contribution in [0.15, 0.2) is 55.0 Å². The molecule has 0 saturated carbocycles. The molecular weight excluding hydrogens is 357 g/mol. The van der Waals surface area contributed by atoms with Crippen molar-refractivity contribution >= 4 is 17.5 Å². The van der Waals surface area contributed by atoms with E-state index < -0.39 is 11.7 Å². The molecule has 2 heterocycles. The number of nitrogens with one attached hydrogen (secondary N) is 1. The molecule has 3 aromatic rings. The fourth-order valence-electron chi connectivity index (χ4n) is 2.36. The van der Waals surface area contributed by atoms with E-state index in [0.29, 0.717) is 18.1 Å². The van der Waals surface area contributed by atoms with Crippen LogP contribution in [0.1, 0.15) is 11.1 Å². The van der Waals surface area contributed by atoms with Crippen LogP contribution in [0.2, 0.25) is 0 Å². The van der Waals surface area contributed by atoms with E-state index in [4.69, 9.17) is 0 Å². The van der Waals surface area contributed by atoms with E-state index in [9.17, 15) is 13.2 Å². The van der Waals surface area contributed by atoms with Gasteiger partial charge >= 0.3 is 6.18 Å². The number of pyridine rings is 1. The predicted molar refractivity (Wildman–Crippen MR) is 95.8 cm³/mol. The Morgan fingerprint density at radius 1 is 1.04 bits per heavy atom. The number of alkyl halides is 3. The zero-order valence-electron chi connectivity index (χ0n) is 14.5. The number of benzene rings is 1. The molecule has 3 rings (SSSR count). The van der Waals surface area contributed by atoms with Crippen LogP contribution < -0.4 is 10.2 Å². The maximum absolute atomic E-state index is 12.6. The molecule has 140 valence electrons. The number of hydrogen-bond acceptors (Lipinski definition) is 6. The fraction of sp³-hybridized carbons (Fsp3) is 0.222. The van der Waals surface area contributed by atoms with E-state index in [1.807, 2.05) is 24.1 Å². The van der Waals surface area contributed by atoms with Gasteiger partial charge < -0.3 is 10.2 Å². The maximum atomic E-state index is 12.6. The second-order valence-electron chi connectivity index (χ2n) is 5.87. The molecule has 0 aliphatic carbocycles. The van der Waals surface area contributed by atoms with Crippen molar-refractivity contribution in [2.24, 2.45) is 0 Å². The molecule has 0 aliphatic rings. The summed E-state index contributed by atoms with van der Waals surface area (Å²) in [5.74, 6) is 0.816. The first kappa shape index (κ1) is 18.6. The van der Waals surface area contributed by atoms with Crippen LogP contribution in [0.4, 0.5) is 30.6 Å². The van der Waals surface area contributed by atoms with Crippen molar-refractivity contribution in [3.05, 3.63) is 66.1 Å². The normalized spacial score (nSPS) is 11.3. The summed E-state index contributed by atoms with van der Waals surface area (Å²) in [6.45, 7) is 0.711. The number of hydrogen-bond donors (Lipinski definition) is 1. The summed E-state index contributed by atoms with van der Waals surface area (Å²) < 4.78 is 37.9. The van der Waals surface area contributed by atoms with Gasteiger partial charge in [-0.15, -0.1) is 5.10 Å². The van der Waals surface area contributed by atoms with E-state index in [1.54, 1.807) is 12.4 Å². The van der Waals surface area contributed by atoms with Crippen LogP contribution in [0.5, 0.6) is 0 Å². The molecule has 9 heteroatoms. The lowest BCUT2D eigenvalue weighted by Gasteiger charge is -2.18. The van der Waals surface area contributed by atoms with Crippen LogP contribution in [-0.2, 0) is 12.6 Å². The predicted octanol–water partition coefficient (Wildman–Crippen LogP) is 3.71. The second-order valence-corrected chi connectivity index (χ2v) is 5.87. The third-order valence-electron chi connectivity index (χ3n) is 3.89. The largest absolute Gasteiger partial charge is 0.416 e. The highest BCUT2D eigenvalue weighted by atomic mass is 19.4. The topological polar surface area (TPSA) is 66.8 Å². The monoisotopic (exact) mass is 374 g/mol. The van der Waals surface area contributed by atoms with Crippen molar-refractivity contribution in [1.29, 1.82) is 0 Å². The van der Waals surface area contributed by atoms with E-state index in [1.165, 1.54) is 18.3 Å². The zero-order valence-corrected chi connectivity index (χ0v) is 14.5. The molecule has 0 bridgehead atoms. The third-order valence-corrected chi connectivity index (χ3v) is 3.89. The van der Waals surface area contributed by atoms with Gasteiger partial charge in [0.1, 0.15) is 0 Å². The molecule has 27 heavy (non-hydrogen) atoms. The van der Waals surface area contributed by atoms with E-state index in [-0.39, 0.29) is 5.95 Å². The first-order valence-corrected chi connectivity index (χ1v) is 8.16. The van der Waals surface area contributed by atoms with Crippen LogP contribution >= 0.6 is 0 Å². The number of likely N-dealkylation sites (N-methyl/N-ethyl adjacent to an activating group) is 1. The van der Waals surface area contributed by atoms with Crippen molar-refractivity contribution in [1.82, 2.24) is 20.2 Å². The summed E-state index contributed by atoms with van der Waals surface area (Å²) in [5, 5.41) is 10.6. The highest BCUT2D eigenvalue weighted by Gasteiger charge is 2.29. The van der Waals surface area contributed by atoms with Gasteiger partial charge in [-0.3, -0.25) is 4.98 Å². The number of nitrogens with zero attached hydrogens (tertiary/aromatic N) is 5. The van der Waals surface area contributed by atoms with Gasteiger partial charge in [0.2, 0.25) is 5.95 Å². The molecule has 1 N–H and O–H groups in total. The molecule has 0 atom stereocenters. The van der Waals surface area contributed by atoms with Crippen molar-refractivity contribution in [2.75, 3.05) is 23.8 Å². The number of halogens is 3. The molecule has 0 radical (unpaired) electrons. The molecule has 0 amide bonds. The standard InChI is InChI=1S/C18H17F3N6/c1-27(11-8-13-6-9-22-10-7-13)16-12-23-26-17(25-16)24-15-4-2-14(3-5-15)18(19,20)21/h2-7,9-10,12H,8,11H2,1H3,(H,24,25,26). The summed E-state index contributed by atoms with van der Waals surface area (Å²) in [4.78, 5) is 10.3. The smallest absolute Gasteiger partial charge is 0.358 e. The van der Waals surface area contributed by atoms with Crippen LogP contribution in [0, 0.1) is 0 Å². The van der Waals surface area contributed by atoms with Crippen LogP contribution in [0.25, 0.3) is 0 Å². The Hall–Kier alpha value is -3.23. The number of aromatic nitrogens is 4. The van der Waals surface area contributed by atoms with Crippen molar-refractivity contribution in [2.45, 2.75) is 12.6 Å². The average Bonchev–Trinajstić information content (AvgIpc) is 2.67. The lowest BCUT2D eigenvalue weighted by molar-refractivity contribution is -0.137. The van der Waals surface area contributed by atoms with Gasteiger partial charge in [-0.2, -0.15) is 23.3 Å². The summed E-state index contributed by atoms with van der Waals surface area (Å²) in [6.07, 6.45) is 1.46. The minimum absolute atomic E-state index is 0.211. The van der Waals surface area contributed by atoms with Gasteiger partial charge in [0, 0.05) is 31.7 Å². The highest BCUT2D eigenvalue weighted by molar-refractivity contribution is 5.55. The molecule has 0 fully saturated rings. The quantitative estimate of drug-likeness (QED) is 0.710. The minimum Gasteiger partial charge on any atom is -0.358 e. The summed E-state index contributed by atoms with van der Waals surface area (Å²) in [5.41, 5.74) is 0.889. The Labute approximate surface area is 154 Å². The van der Waals surface area contributed by atoms with E-state index >= 15 is 0 Å². The molecule has 6 nitrogen and oxygen atoms in total. The SMILES string of the molecule is CN(CCc1ccncc1)c1cnnc(Nc2ccc(C(F)(F)F)cc2)n1. The number of rotatable bonds is 6. The number of anilines is 3. The summed E-state index contributed by atoms with van der Waals surface area (Å²) in [6, 6.07) is 8.55. The Kier molecular flexibility index (Phi) is 5.49. The highest BCUT2D eigenvalue weighted by Crippen LogP contribution is 2.30. The van der Waals surface area contributed by atoms with Gasteiger partial charge in [0.15, 0.2) is 5.82 Å². The van der Waals surface area contributed by atoms with Crippen molar-refractivity contribution in [3.63, 3.8) is 0 Å². The molecule has 1 aromatic carbocycles. The zero-order chi connectivity index (χ0) is 19.3. The van der Waals surface area contributed by atoms with Gasteiger partial charge in [0.05, 0.1) is 11.8 Å². The molecule has 0 unspecified atom stereocenters. The molecule has 0 spiro atoms. The van der Waals surface area contributed by atoms with Gasteiger partial charge in [-0.1, -0.05) is 0 Å². The third kappa shape index (κ3) is 5.13. The van der Waals surface area contributed by atoms with Gasteiger partial charge in [-0.25, -0.2) is 0 Å². The Morgan fingerprint density at radius 2 is 1.74 bits per heavy atom. The van der Waals surface area contributed by atoms with Gasteiger partial charge in [-0.05, 0) is 48.4 Å². The van der Waals surface area contributed by atoms with Gasteiger partial charge in [0.25, 0.3) is 0 Å². The second kappa shape index (κ2) is 7.98. The Bertz CT molecular complexity index is 868. The molecule has 0 saturated heterocycles. The molecule has 2 aromatic heterocycles. The maximum Gasteiger partial charge on any atom is 0.416 e. The molecular formula is C18H17F3N6. The molecule has 0 aliphatic heterocycles. The van der Waals surface area contributed by atoms with E-state index in [0.717, 1.165) is 24.1 Å². The first-order chi connectivity index (χ1) is 12.9. The summed E-state index contributed by atoms with van der Waals surface area (Å²) in [7, 11) is 1.88. The fourth-order valence-corrected chi connectivity index (χ4v) is 2.36. The lowest BCUT2D eigenvalue weighted by atomic mass is 10.2. The average molecular weight is 374 g/mol. The summed E-state index contributed by atoms with van der Waals surface area (Å²) >= 11 is 0. The first-order valence-electron chi connectivity index (χ1n) is 8.16. The minimum atomic E-state index is -4.37. The Balaban J connectivity index is 1.64. The van der Waals surface area contributed by atoms with Crippen molar-refractivity contribution in [3.8, 4) is 0 Å². The van der Waals surface area contributed by atoms with E-state index in [2.05, 4.69) is 25.5 Å². The lowest BCUT2D eigenvalue weighted by Crippen LogP contribution is -2.22. The van der Waals surface area contributed by atoms with Crippen molar-refractivity contribution < 1.29 is 13.2 Å².